The first-order valence-electron chi connectivity index (χ1n) is 6.91. The molecule has 0 aromatic heterocycles. The zero-order valence-electron chi connectivity index (χ0n) is 11.0. The molecule has 1 aromatic rings. The summed E-state index contributed by atoms with van der Waals surface area (Å²) in [6.07, 6.45) is 2.90. The molecule has 0 spiro atoms. The monoisotopic (exact) mass is 258 g/mol. The number of carboxylic acid groups (broad SMARTS) is 1. The Morgan fingerprint density at radius 2 is 1.63 bits per heavy atom. The van der Waals surface area contributed by atoms with Gasteiger partial charge in [-0.3, -0.25) is 9.59 Å². The van der Waals surface area contributed by atoms with Gasteiger partial charge in [0, 0.05) is 11.5 Å². The number of fused-ring (bicyclic) bond motifs is 2. The molecule has 4 unspecified atom stereocenters. The Bertz CT molecular complexity index is 517. The molecule has 2 saturated carbocycles. The molecule has 0 radical (unpaired) electrons. The van der Waals surface area contributed by atoms with Gasteiger partial charge in [0.15, 0.2) is 5.78 Å². The summed E-state index contributed by atoms with van der Waals surface area (Å²) in [5, 5.41) is 9.39. The third-order valence-electron chi connectivity index (χ3n) is 4.84. The molecule has 0 heterocycles. The van der Waals surface area contributed by atoms with Gasteiger partial charge in [-0.05, 0) is 38.0 Å². The van der Waals surface area contributed by atoms with Gasteiger partial charge in [-0.1, -0.05) is 29.8 Å². The topological polar surface area (TPSA) is 54.4 Å². The van der Waals surface area contributed by atoms with Crippen LogP contribution in [0.15, 0.2) is 24.3 Å². The highest BCUT2D eigenvalue weighted by Gasteiger charge is 2.53. The van der Waals surface area contributed by atoms with Crippen molar-refractivity contribution in [3.63, 3.8) is 0 Å². The van der Waals surface area contributed by atoms with Crippen molar-refractivity contribution in [1.82, 2.24) is 0 Å². The van der Waals surface area contributed by atoms with E-state index in [1.165, 1.54) is 0 Å². The predicted octanol–water partition coefficient (Wildman–Crippen LogP) is 2.92. The van der Waals surface area contributed by atoms with Crippen LogP contribution in [0.25, 0.3) is 0 Å². The van der Waals surface area contributed by atoms with E-state index in [4.69, 9.17) is 0 Å². The molecular weight excluding hydrogens is 240 g/mol. The molecular formula is C16H18O3. The number of carbonyl (C=O) groups is 2. The fourth-order valence-corrected chi connectivity index (χ4v) is 3.93. The van der Waals surface area contributed by atoms with Crippen LogP contribution in [-0.2, 0) is 4.79 Å². The maximum atomic E-state index is 12.6. The average molecular weight is 258 g/mol. The van der Waals surface area contributed by atoms with E-state index in [1.54, 1.807) is 0 Å². The van der Waals surface area contributed by atoms with Crippen LogP contribution in [-0.4, -0.2) is 16.9 Å². The molecule has 1 N–H and O–H groups in total. The lowest BCUT2D eigenvalue weighted by Crippen LogP contribution is -2.34. The van der Waals surface area contributed by atoms with E-state index in [1.807, 2.05) is 31.2 Å². The van der Waals surface area contributed by atoms with Crippen molar-refractivity contribution in [1.29, 1.82) is 0 Å². The number of rotatable bonds is 3. The van der Waals surface area contributed by atoms with Gasteiger partial charge < -0.3 is 5.11 Å². The van der Waals surface area contributed by atoms with Crippen LogP contribution < -0.4 is 0 Å². The predicted molar refractivity (Wildman–Crippen MR) is 71.0 cm³/mol. The zero-order valence-corrected chi connectivity index (χ0v) is 11.0. The van der Waals surface area contributed by atoms with Crippen molar-refractivity contribution in [3.05, 3.63) is 35.4 Å². The summed E-state index contributed by atoms with van der Waals surface area (Å²) in [7, 11) is 0. The molecule has 0 aliphatic heterocycles. The quantitative estimate of drug-likeness (QED) is 0.848. The van der Waals surface area contributed by atoms with Gasteiger partial charge in [0.05, 0.1) is 5.92 Å². The fraction of sp³-hybridized carbons (Fsp3) is 0.500. The van der Waals surface area contributed by atoms with Crippen molar-refractivity contribution in [3.8, 4) is 0 Å². The maximum Gasteiger partial charge on any atom is 0.307 e. The number of hydrogen-bond acceptors (Lipinski definition) is 2. The molecule has 0 saturated heterocycles. The number of ketones is 1. The van der Waals surface area contributed by atoms with E-state index in [2.05, 4.69) is 0 Å². The van der Waals surface area contributed by atoms with Crippen LogP contribution in [0.2, 0.25) is 0 Å². The number of Topliss-reactive ketones (excluding diaryl/α,β-unsaturated/α-hetero) is 1. The van der Waals surface area contributed by atoms with Crippen LogP contribution in [0.4, 0.5) is 0 Å². The highest BCUT2D eigenvalue weighted by atomic mass is 16.4. The van der Waals surface area contributed by atoms with Crippen LogP contribution in [0.5, 0.6) is 0 Å². The Morgan fingerprint density at radius 3 is 2.21 bits per heavy atom. The van der Waals surface area contributed by atoms with Gasteiger partial charge in [0.2, 0.25) is 0 Å². The number of benzene rings is 1. The number of aliphatic carboxylic acids is 1. The fourth-order valence-electron chi connectivity index (χ4n) is 3.93. The van der Waals surface area contributed by atoms with Crippen molar-refractivity contribution >= 4 is 11.8 Å². The van der Waals surface area contributed by atoms with E-state index in [9.17, 15) is 14.7 Å². The standard InChI is InChI=1S/C16H18O3/c1-9-2-4-10(5-3-9)15(17)13-11-6-7-12(8-11)14(13)16(18)19/h2-5,11-14H,6-8H2,1H3,(H,18,19). The summed E-state index contributed by atoms with van der Waals surface area (Å²) >= 11 is 0. The molecule has 2 aliphatic rings. The van der Waals surface area contributed by atoms with Crippen LogP contribution >= 0.6 is 0 Å². The van der Waals surface area contributed by atoms with Gasteiger partial charge >= 0.3 is 5.97 Å². The molecule has 100 valence electrons. The first-order chi connectivity index (χ1) is 9.08. The molecule has 2 aliphatic carbocycles. The number of aryl methyl sites for hydroxylation is 1. The van der Waals surface area contributed by atoms with Crippen LogP contribution in [0.1, 0.15) is 35.2 Å². The molecule has 2 bridgehead atoms. The summed E-state index contributed by atoms with van der Waals surface area (Å²) in [6.45, 7) is 1.98. The van der Waals surface area contributed by atoms with E-state index in [0.29, 0.717) is 5.56 Å². The molecule has 2 fully saturated rings. The third-order valence-corrected chi connectivity index (χ3v) is 4.84. The van der Waals surface area contributed by atoms with Crippen LogP contribution in [0.3, 0.4) is 0 Å². The first-order valence-corrected chi connectivity index (χ1v) is 6.91. The Labute approximate surface area is 112 Å². The van der Waals surface area contributed by atoms with Crippen LogP contribution in [0, 0.1) is 30.6 Å². The molecule has 3 nitrogen and oxygen atoms in total. The Morgan fingerprint density at radius 1 is 1.05 bits per heavy atom. The highest BCUT2D eigenvalue weighted by Crippen LogP contribution is 2.53. The lowest BCUT2D eigenvalue weighted by atomic mass is 9.75. The number of hydrogen-bond donors (Lipinski definition) is 1. The maximum absolute atomic E-state index is 12.6. The summed E-state index contributed by atoms with van der Waals surface area (Å²) < 4.78 is 0. The average Bonchev–Trinajstić information content (AvgIpc) is 2.98. The van der Waals surface area contributed by atoms with Crippen molar-refractivity contribution in [2.75, 3.05) is 0 Å². The van der Waals surface area contributed by atoms with Gasteiger partial charge in [0.25, 0.3) is 0 Å². The Kier molecular flexibility index (Phi) is 2.92. The third kappa shape index (κ3) is 1.97. The molecule has 19 heavy (non-hydrogen) atoms. The normalized spacial score (nSPS) is 32.5. The van der Waals surface area contributed by atoms with E-state index in [-0.39, 0.29) is 23.5 Å². The number of carboxylic acids is 1. The van der Waals surface area contributed by atoms with E-state index in [0.717, 1.165) is 24.8 Å². The minimum absolute atomic E-state index is 0.0274. The first kappa shape index (κ1) is 12.4. The minimum Gasteiger partial charge on any atom is -0.481 e. The molecule has 4 atom stereocenters. The molecule has 0 amide bonds. The Hall–Kier alpha value is -1.64. The summed E-state index contributed by atoms with van der Waals surface area (Å²) in [5.74, 6) is -1.05. The second-order valence-corrected chi connectivity index (χ2v) is 5.95. The minimum atomic E-state index is -0.794. The van der Waals surface area contributed by atoms with E-state index >= 15 is 0 Å². The second kappa shape index (κ2) is 4.48. The summed E-state index contributed by atoms with van der Waals surface area (Å²) in [6, 6.07) is 7.47. The van der Waals surface area contributed by atoms with E-state index < -0.39 is 11.9 Å². The van der Waals surface area contributed by atoms with Gasteiger partial charge in [-0.25, -0.2) is 0 Å². The van der Waals surface area contributed by atoms with Gasteiger partial charge in [-0.15, -0.1) is 0 Å². The molecule has 3 heteroatoms. The Balaban J connectivity index is 1.90. The number of carbonyl (C=O) groups excluding carboxylic acids is 1. The van der Waals surface area contributed by atoms with Crippen molar-refractivity contribution in [2.24, 2.45) is 23.7 Å². The lowest BCUT2D eigenvalue weighted by molar-refractivity contribution is -0.144. The largest absolute Gasteiger partial charge is 0.481 e. The van der Waals surface area contributed by atoms with Crippen molar-refractivity contribution in [2.45, 2.75) is 26.2 Å². The van der Waals surface area contributed by atoms with Gasteiger partial charge in [0.1, 0.15) is 0 Å². The molecule has 1 aromatic carbocycles. The smallest absolute Gasteiger partial charge is 0.307 e. The SMILES string of the molecule is Cc1ccc(C(=O)C2C3CCC(C3)C2C(=O)O)cc1. The molecule has 3 rings (SSSR count). The second-order valence-electron chi connectivity index (χ2n) is 5.95. The van der Waals surface area contributed by atoms with Gasteiger partial charge in [-0.2, -0.15) is 0 Å². The zero-order chi connectivity index (χ0) is 13.6. The summed E-state index contributed by atoms with van der Waals surface area (Å²) in [4.78, 5) is 24.0. The van der Waals surface area contributed by atoms with Crippen molar-refractivity contribution < 1.29 is 14.7 Å². The highest BCUT2D eigenvalue weighted by molar-refractivity contribution is 6.00. The summed E-state index contributed by atoms with van der Waals surface area (Å²) in [5.41, 5.74) is 1.77. The lowest BCUT2D eigenvalue weighted by Gasteiger charge is -2.26.